The van der Waals surface area contributed by atoms with Crippen molar-refractivity contribution in [1.82, 2.24) is 0 Å². The minimum Gasteiger partial charge on any atom is -0.493 e. The Labute approximate surface area is 193 Å². The van der Waals surface area contributed by atoms with Crippen LogP contribution in [0.3, 0.4) is 0 Å². The molecule has 0 unspecified atom stereocenters. The summed E-state index contributed by atoms with van der Waals surface area (Å²) in [6.07, 6.45) is 6.99. The maximum Gasteiger partial charge on any atom is 0.251 e. The molecule has 0 fully saturated rings. The number of ether oxygens (including phenoxy) is 2. The van der Waals surface area contributed by atoms with E-state index in [1.807, 2.05) is 6.07 Å². The Morgan fingerprint density at radius 3 is 2.59 bits per heavy atom. The number of hydrogen-bond donors (Lipinski definition) is 2. The van der Waals surface area contributed by atoms with Crippen molar-refractivity contribution in [2.45, 2.75) is 46.5 Å². The van der Waals surface area contributed by atoms with Crippen molar-refractivity contribution in [3.8, 4) is 11.5 Å². The van der Waals surface area contributed by atoms with Crippen LogP contribution < -0.4 is 20.5 Å². The van der Waals surface area contributed by atoms with Crippen molar-refractivity contribution in [2.75, 3.05) is 19.5 Å². The van der Waals surface area contributed by atoms with E-state index in [1.165, 1.54) is 17.4 Å². The van der Waals surface area contributed by atoms with Gasteiger partial charge < -0.3 is 20.5 Å². The Hall–Kier alpha value is -2.80. The van der Waals surface area contributed by atoms with E-state index in [1.54, 1.807) is 32.4 Å². The van der Waals surface area contributed by atoms with Gasteiger partial charge in [0, 0.05) is 11.0 Å². The smallest absolute Gasteiger partial charge is 0.251 e. The van der Waals surface area contributed by atoms with Gasteiger partial charge in [0.05, 0.1) is 19.8 Å². The van der Waals surface area contributed by atoms with Gasteiger partial charge >= 0.3 is 0 Å². The summed E-state index contributed by atoms with van der Waals surface area (Å²) in [5.74, 6) is 0.949. The van der Waals surface area contributed by atoms with Gasteiger partial charge in [0.25, 0.3) is 5.91 Å². The summed E-state index contributed by atoms with van der Waals surface area (Å²) in [6, 6.07) is 5.40. The van der Waals surface area contributed by atoms with Crippen LogP contribution >= 0.6 is 11.3 Å². The van der Waals surface area contributed by atoms with E-state index in [-0.39, 0.29) is 11.3 Å². The Morgan fingerprint density at radius 2 is 1.97 bits per heavy atom. The van der Waals surface area contributed by atoms with Crippen molar-refractivity contribution in [2.24, 2.45) is 17.1 Å². The molecular weight excluding hydrogens is 424 g/mol. The van der Waals surface area contributed by atoms with Crippen LogP contribution in [0.15, 0.2) is 24.3 Å². The van der Waals surface area contributed by atoms with Crippen LogP contribution in [0.4, 0.5) is 5.00 Å². The third kappa shape index (κ3) is 4.99. The minimum absolute atomic E-state index is 0.236. The lowest BCUT2D eigenvalue weighted by molar-refractivity contribution is -0.111. The molecule has 1 aliphatic rings. The van der Waals surface area contributed by atoms with E-state index < -0.39 is 5.91 Å². The van der Waals surface area contributed by atoms with Crippen LogP contribution in [-0.2, 0) is 17.6 Å². The first-order valence-corrected chi connectivity index (χ1v) is 11.7. The summed E-state index contributed by atoms with van der Waals surface area (Å²) in [5.41, 5.74) is 8.20. The highest BCUT2D eigenvalue weighted by Gasteiger charge is 2.34. The molecule has 1 aromatic heterocycles. The molecule has 0 spiro atoms. The predicted molar refractivity (Wildman–Crippen MR) is 130 cm³/mol. The number of nitrogens with one attached hydrogen (secondary N) is 1. The molecule has 1 heterocycles. The van der Waals surface area contributed by atoms with Crippen molar-refractivity contribution >= 4 is 34.2 Å². The van der Waals surface area contributed by atoms with Crippen molar-refractivity contribution in [1.29, 1.82) is 0 Å². The Morgan fingerprint density at radius 1 is 1.25 bits per heavy atom. The van der Waals surface area contributed by atoms with Crippen molar-refractivity contribution in [3.05, 3.63) is 45.8 Å². The van der Waals surface area contributed by atoms with E-state index >= 15 is 0 Å². The molecule has 1 aromatic carbocycles. The van der Waals surface area contributed by atoms with Crippen LogP contribution in [0.25, 0.3) is 6.08 Å². The number of hydrogen-bond acceptors (Lipinski definition) is 5. The molecule has 2 aromatic rings. The summed E-state index contributed by atoms with van der Waals surface area (Å²) in [6.45, 7) is 6.81. The number of nitrogens with two attached hydrogens (primary N) is 1. The molecule has 0 bridgehead atoms. The van der Waals surface area contributed by atoms with Crippen LogP contribution in [0.2, 0.25) is 0 Å². The van der Waals surface area contributed by atoms with Gasteiger partial charge in [-0.05, 0) is 59.9 Å². The number of methoxy groups -OCH3 is 2. The van der Waals surface area contributed by atoms with Gasteiger partial charge in [-0.15, -0.1) is 11.3 Å². The number of fused-ring (bicyclic) bond motifs is 1. The topological polar surface area (TPSA) is 90.7 Å². The molecule has 172 valence electrons. The monoisotopic (exact) mass is 456 g/mol. The van der Waals surface area contributed by atoms with Crippen LogP contribution in [0.1, 0.15) is 60.0 Å². The van der Waals surface area contributed by atoms with Gasteiger partial charge in [-0.2, -0.15) is 0 Å². The minimum atomic E-state index is -0.491. The Bertz CT molecular complexity index is 1040. The number of anilines is 1. The maximum absolute atomic E-state index is 12.6. The normalized spacial score (nSPS) is 16.0. The zero-order chi connectivity index (χ0) is 23.5. The standard InChI is InChI=1S/C25H32N2O4S/c1-6-25(2,3)16-9-10-17-20(14-16)32-24(22(17)23(26)29)27-21(28)12-8-15-7-11-18(30-4)19(13-15)31-5/h7-8,11-13,16H,6,9-10,14H2,1-5H3,(H2,26,29)(H,27,28)/b12-8-/t16-/m0/s1. The molecular formula is C25H32N2O4S. The fourth-order valence-corrected chi connectivity index (χ4v) is 5.51. The van der Waals surface area contributed by atoms with Crippen molar-refractivity contribution < 1.29 is 19.1 Å². The third-order valence-corrected chi connectivity index (χ3v) is 7.77. The summed E-state index contributed by atoms with van der Waals surface area (Å²) >= 11 is 1.48. The first-order valence-electron chi connectivity index (χ1n) is 10.9. The molecule has 2 amide bonds. The lowest BCUT2D eigenvalue weighted by Crippen LogP contribution is -2.29. The molecule has 3 N–H and O–H groups in total. The first-order chi connectivity index (χ1) is 15.2. The average Bonchev–Trinajstić information content (AvgIpc) is 3.14. The fraction of sp³-hybridized carbons (Fsp3) is 0.440. The molecule has 6 nitrogen and oxygen atoms in total. The van der Waals surface area contributed by atoms with E-state index in [9.17, 15) is 9.59 Å². The van der Waals surface area contributed by atoms with Crippen LogP contribution in [0, 0.1) is 11.3 Å². The fourth-order valence-electron chi connectivity index (χ4n) is 4.17. The predicted octanol–water partition coefficient (Wildman–Crippen LogP) is 5.06. The Kier molecular flexibility index (Phi) is 7.29. The second-order valence-corrected chi connectivity index (χ2v) is 9.90. The molecule has 1 atom stereocenters. The number of carbonyl (C=O) groups excluding carboxylic acids is 2. The number of amides is 2. The van der Waals surface area contributed by atoms with Gasteiger partial charge in [0.1, 0.15) is 5.00 Å². The third-order valence-electron chi connectivity index (χ3n) is 6.60. The molecule has 1 aliphatic carbocycles. The zero-order valence-corrected chi connectivity index (χ0v) is 20.2. The largest absolute Gasteiger partial charge is 0.493 e. The van der Waals surface area contributed by atoms with Crippen molar-refractivity contribution in [3.63, 3.8) is 0 Å². The summed E-state index contributed by atoms with van der Waals surface area (Å²) in [7, 11) is 3.14. The molecule has 32 heavy (non-hydrogen) atoms. The zero-order valence-electron chi connectivity index (χ0n) is 19.4. The lowest BCUT2D eigenvalue weighted by atomic mass is 9.69. The van der Waals surface area contributed by atoms with Gasteiger partial charge in [-0.1, -0.05) is 33.3 Å². The SMILES string of the molecule is CCC(C)(C)[C@H]1CCc2c(sc(NC(=O)/C=C\c3ccc(OC)c(OC)c3)c2C(N)=O)C1. The average molecular weight is 457 g/mol. The maximum atomic E-state index is 12.6. The van der Waals surface area contributed by atoms with E-state index in [2.05, 4.69) is 26.1 Å². The van der Waals surface area contributed by atoms with E-state index in [4.69, 9.17) is 15.2 Å². The van der Waals surface area contributed by atoms with Crippen LogP contribution in [0.5, 0.6) is 11.5 Å². The number of benzene rings is 1. The highest BCUT2D eigenvalue weighted by molar-refractivity contribution is 7.17. The number of thiophene rings is 1. The van der Waals surface area contributed by atoms with Crippen LogP contribution in [-0.4, -0.2) is 26.0 Å². The van der Waals surface area contributed by atoms with Gasteiger partial charge in [-0.25, -0.2) is 0 Å². The summed E-state index contributed by atoms with van der Waals surface area (Å²) in [5, 5.41) is 3.42. The highest BCUT2D eigenvalue weighted by Crippen LogP contribution is 2.45. The first kappa shape index (κ1) is 23.9. The molecule has 0 saturated heterocycles. The number of carbonyl (C=O) groups is 2. The quantitative estimate of drug-likeness (QED) is 0.544. The second kappa shape index (κ2) is 9.77. The molecule has 3 rings (SSSR count). The summed E-state index contributed by atoms with van der Waals surface area (Å²) < 4.78 is 10.5. The van der Waals surface area contributed by atoms with Gasteiger partial charge in [0.2, 0.25) is 5.91 Å². The van der Waals surface area contributed by atoms with Gasteiger partial charge in [0.15, 0.2) is 11.5 Å². The summed E-state index contributed by atoms with van der Waals surface area (Å²) in [4.78, 5) is 26.0. The molecule has 0 radical (unpaired) electrons. The van der Waals surface area contributed by atoms with E-state index in [0.717, 1.165) is 41.7 Å². The number of rotatable bonds is 8. The molecule has 0 aliphatic heterocycles. The number of primary amides is 1. The highest BCUT2D eigenvalue weighted by atomic mass is 32.1. The lowest BCUT2D eigenvalue weighted by Gasteiger charge is -2.36. The van der Waals surface area contributed by atoms with E-state index in [0.29, 0.717) is 28.0 Å². The molecule has 0 saturated carbocycles. The van der Waals surface area contributed by atoms with Gasteiger partial charge in [-0.3, -0.25) is 9.59 Å². The molecule has 7 heteroatoms. The Balaban J connectivity index is 1.80. The second-order valence-electron chi connectivity index (χ2n) is 8.79.